The molecule has 7 nitrogen and oxygen atoms in total. The summed E-state index contributed by atoms with van der Waals surface area (Å²) in [5.41, 5.74) is 5.20. The maximum Gasteiger partial charge on any atom is 0.490 e. The van der Waals surface area contributed by atoms with E-state index in [1.807, 2.05) is 0 Å². The van der Waals surface area contributed by atoms with Crippen molar-refractivity contribution >= 4 is 21.8 Å². The molecule has 0 aliphatic rings. The molecule has 0 atom stereocenters. The van der Waals surface area contributed by atoms with Crippen molar-refractivity contribution < 1.29 is 35.9 Å². The number of halogens is 4. The first kappa shape index (κ1) is 23.8. The highest BCUT2D eigenvalue weighted by Crippen LogP contribution is 2.13. The number of unbranched alkanes of at least 4 members (excludes halogenated alkanes) is 1. The number of sulfonamides is 1. The van der Waals surface area contributed by atoms with Crippen molar-refractivity contribution in [2.75, 3.05) is 19.8 Å². The Morgan fingerprint density at radius 1 is 1.19 bits per heavy atom. The molecule has 0 aromatic heterocycles. The van der Waals surface area contributed by atoms with Gasteiger partial charge in [-0.25, -0.2) is 22.3 Å². The number of amidine groups is 1. The Bertz CT molecular complexity index is 679. The van der Waals surface area contributed by atoms with E-state index in [-0.39, 0.29) is 10.7 Å². The van der Waals surface area contributed by atoms with Crippen molar-refractivity contribution in [3.63, 3.8) is 0 Å². The van der Waals surface area contributed by atoms with E-state index in [9.17, 15) is 26.0 Å². The summed E-state index contributed by atoms with van der Waals surface area (Å²) in [6.07, 6.45) is -3.81. The van der Waals surface area contributed by atoms with Gasteiger partial charge >= 0.3 is 12.1 Å². The number of alkyl halides is 4. The fraction of sp³-hybridized carbons (Fsp3) is 0.429. The van der Waals surface area contributed by atoms with E-state index in [1.165, 1.54) is 12.1 Å². The lowest BCUT2D eigenvalue weighted by Crippen LogP contribution is -2.24. The van der Waals surface area contributed by atoms with Gasteiger partial charge < -0.3 is 10.8 Å². The molecule has 0 heterocycles. The van der Waals surface area contributed by atoms with Crippen LogP contribution >= 0.6 is 0 Å². The fourth-order valence-electron chi connectivity index (χ4n) is 1.39. The lowest BCUT2D eigenvalue weighted by molar-refractivity contribution is -0.192. The molecule has 0 saturated heterocycles. The van der Waals surface area contributed by atoms with Crippen LogP contribution in [0.2, 0.25) is 0 Å². The van der Waals surface area contributed by atoms with Gasteiger partial charge in [0, 0.05) is 13.1 Å². The predicted octanol–water partition coefficient (Wildman–Crippen LogP) is 1.71. The van der Waals surface area contributed by atoms with Crippen LogP contribution in [0.1, 0.15) is 12.8 Å². The van der Waals surface area contributed by atoms with Gasteiger partial charge in [0.2, 0.25) is 10.0 Å². The van der Waals surface area contributed by atoms with E-state index in [0.29, 0.717) is 25.9 Å². The highest BCUT2D eigenvalue weighted by molar-refractivity contribution is 7.89. The van der Waals surface area contributed by atoms with Gasteiger partial charge in [-0.1, -0.05) is 18.2 Å². The number of carboxylic acids is 1. The van der Waals surface area contributed by atoms with Crippen LogP contribution in [-0.2, 0) is 14.8 Å². The van der Waals surface area contributed by atoms with E-state index in [1.54, 1.807) is 18.2 Å². The topological polar surface area (TPSA) is 122 Å². The highest BCUT2D eigenvalue weighted by atomic mass is 32.2. The second-order valence-electron chi connectivity index (χ2n) is 4.73. The lowest BCUT2D eigenvalue weighted by Gasteiger charge is -2.05. The normalized spacial score (nSPS) is 12.2. The van der Waals surface area contributed by atoms with Crippen molar-refractivity contribution in [1.29, 1.82) is 0 Å². The molecule has 0 radical (unpaired) electrons. The standard InChI is InChI=1S/C12H18FN3O2S.C2HF3O2/c13-10-12(14)15-8-4-5-9-16-19(17,18)11-6-2-1-3-7-11;3-2(4,5)1(6)7/h1-3,6-7,16H,4-5,8-10H2,(H2,14,15);(H,6,7). The molecule has 0 aliphatic carbocycles. The summed E-state index contributed by atoms with van der Waals surface area (Å²) in [4.78, 5) is 12.9. The molecule has 0 spiro atoms. The van der Waals surface area contributed by atoms with Crippen LogP contribution in [0, 0.1) is 0 Å². The minimum Gasteiger partial charge on any atom is -0.475 e. The first-order chi connectivity index (χ1) is 12.0. The van der Waals surface area contributed by atoms with Gasteiger partial charge in [0.05, 0.1) is 4.90 Å². The molecule has 1 aromatic rings. The van der Waals surface area contributed by atoms with E-state index in [4.69, 9.17) is 15.6 Å². The van der Waals surface area contributed by atoms with Crippen LogP contribution in [0.15, 0.2) is 40.2 Å². The van der Waals surface area contributed by atoms with Crippen molar-refractivity contribution in [2.45, 2.75) is 23.9 Å². The van der Waals surface area contributed by atoms with Crippen LogP contribution in [0.25, 0.3) is 0 Å². The van der Waals surface area contributed by atoms with Crippen molar-refractivity contribution in [3.8, 4) is 0 Å². The molecule has 0 unspecified atom stereocenters. The van der Waals surface area contributed by atoms with Crippen LogP contribution in [-0.4, -0.2) is 51.3 Å². The lowest BCUT2D eigenvalue weighted by atomic mass is 10.3. The van der Waals surface area contributed by atoms with Gasteiger partial charge in [-0.05, 0) is 25.0 Å². The van der Waals surface area contributed by atoms with Crippen LogP contribution in [0.4, 0.5) is 17.6 Å². The molecule has 26 heavy (non-hydrogen) atoms. The van der Waals surface area contributed by atoms with Gasteiger partial charge in [-0.15, -0.1) is 0 Å². The second kappa shape index (κ2) is 11.4. The first-order valence-electron chi connectivity index (χ1n) is 7.20. The quantitative estimate of drug-likeness (QED) is 0.265. The number of carboxylic acid groups (broad SMARTS) is 1. The molecule has 12 heteroatoms. The third kappa shape index (κ3) is 10.6. The number of carbonyl (C=O) groups is 1. The summed E-state index contributed by atoms with van der Waals surface area (Å²) in [6.45, 7) is -0.0221. The zero-order chi connectivity index (χ0) is 20.2. The Labute approximate surface area is 148 Å². The molecular formula is C14H19F4N3O4S. The van der Waals surface area contributed by atoms with Gasteiger partial charge in [0.15, 0.2) is 0 Å². The number of aliphatic carboxylic acids is 1. The third-order valence-corrected chi connectivity index (χ3v) is 4.10. The van der Waals surface area contributed by atoms with Crippen molar-refractivity contribution in [1.82, 2.24) is 4.72 Å². The van der Waals surface area contributed by atoms with Gasteiger partial charge in [0.1, 0.15) is 12.5 Å². The van der Waals surface area contributed by atoms with Crippen LogP contribution < -0.4 is 10.5 Å². The first-order valence-corrected chi connectivity index (χ1v) is 8.68. The average Bonchev–Trinajstić information content (AvgIpc) is 2.58. The van der Waals surface area contributed by atoms with Crippen molar-refractivity contribution in [3.05, 3.63) is 30.3 Å². The Morgan fingerprint density at radius 3 is 2.19 bits per heavy atom. The zero-order valence-corrected chi connectivity index (χ0v) is 14.4. The maximum absolute atomic E-state index is 12.0. The summed E-state index contributed by atoms with van der Waals surface area (Å²) >= 11 is 0. The third-order valence-electron chi connectivity index (χ3n) is 2.62. The predicted molar refractivity (Wildman–Crippen MR) is 87.0 cm³/mol. The van der Waals surface area contributed by atoms with Gasteiger partial charge in [-0.2, -0.15) is 13.2 Å². The largest absolute Gasteiger partial charge is 0.490 e. The van der Waals surface area contributed by atoms with Crippen LogP contribution in [0.5, 0.6) is 0 Å². The van der Waals surface area contributed by atoms with E-state index in [0.717, 1.165) is 0 Å². The molecule has 0 bridgehead atoms. The Hall–Kier alpha value is -2.21. The minimum atomic E-state index is -5.08. The molecule has 0 saturated carbocycles. The molecule has 0 aliphatic heterocycles. The molecule has 1 aromatic carbocycles. The Kier molecular flexibility index (Phi) is 10.4. The smallest absolute Gasteiger partial charge is 0.475 e. The van der Waals surface area contributed by atoms with Crippen molar-refractivity contribution in [2.24, 2.45) is 10.7 Å². The monoisotopic (exact) mass is 401 g/mol. The van der Waals surface area contributed by atoms with E-state index < -0.39 is 28.8 Å². The molecular weight excluding hydrogens is 382 g/mol. The number of benzene rings is 1. The number of hydrogen-bond acceptors (Lipinski definition) is 4. The number of rotatable bonds is 8. The summed E-state index contributed by atoms with van der Waals surface area (Å²) in [6, 6.07) is 8.17. The molecule has 148 valence electrons. The number of nitrogens with two attached hydrogens (primary N) is 1. The Balaban J connectivity index is 0.000000758. The minimum absolute atomic E-state index is 0.0233. The molecule has 1 rings (SSSR count). The summed E-state index contributed by atoms with van der Waals surface area (Å²) in [5.74, 6) is -2.78. The number of nitrogens with one attached hydrogen (secondary N) is 1. The molecule has 4 N–H and O–H groups in total. The fourth-order valence-corrected chi connectivity index (χ4v) is 2.49. The van der Waals surface area contributed by atoms with E-state index >= 15 is 0 Å². The Morgan fingerprint density at radius 2 is 1.73 bits per heavy atom. The maximum atomic E-state index is 12.0. The molecule has 0 amide bonds. The second-order valence-corrected chi connectivity index (χ2v) is 6.49. The SMILES string of the molecule is NC(CF)=NCCCCNS(=O)(=O)c1ccccc1.O=C(O)C(F)(F)F. The number of hydrogen-bond donors (Lipinski definition) is 3. The van der Waals surface area contributed by atoms with E-state index in [2.05, 4.69) is 9.71 Å². The average molecular weight is 401 g/mol. The highest BCUT2D eigenvalue weighted by Gasteiger charge is 2.38. The van der Waals surface area contributed by atoms with Crippen LogP contribution in [0.3, 0.4) is 0 Å². The van der Waals surface area contributed by atoms with Gasteiger partial charge in [0.25, 0.3) is 0 Å². The number of nitrogens with zero attached hydrogens (tertiary/aromatic N) is 1. The van der Waals surface area contributed by atoms with Gasteiger partial charge in [-0.3, -0.25) is 4.99 Å². The summed E-state index contributed by atoms with van der Waals surface area (Å²) in [5, 5.41) is 7.12. The molecule has 0 fully saturated rings. The number of aliphatic imine (C=N–C) groups is 1. The zero-order valence-electron chi connectivity index (χ0n) is 13.5. The summed E-state index contributed by atoms with van der Waals surface area (Å²) in [7, 11) is -3.44. The summed E-state index contributed by atoms with van der Waals surface area (Å²) < 4.78 is 69.8.